The number of carbonyl (C=O) groups excluding carboxylic acids is 3. The van der Waals surface area contributed by atoms with Gasteiger partial charge in [-0.25, -0.2) is 9.59 Å². The summed E-state index contributed by atoms with van der Waals surface area (Å²) in [5, 5.41) is 2.46. The highest BCUT2D eigenvalue weighted by Crippen LogP contribution is 2.14. The summed E-state index contributed by atoms with van der Waals surface area (Å²) in [6.07, 6.45) is -0.513. The maximum atomic E-state index is 11.8. The largest absolute Gasteiger partial charge is 0.482 e. The van der Waals surface area contributed by atoms with Crippen LogP contribution in [-0.4, -0.2) is 43.3 Å². The third-order valence-electron chi connectivity index (χ3n) is 2.98. The van der Waals surface area contributed by atoms with Crippen LogP contribution in [-0.2, 0) is 25.5 Å². The molecule has 0 saturated heterocycles. The number of nitrogens with two attached hydrogens (primary N) is 1. The van der Waals surface area contributed by atoms with E-state index in [4.69, 9.17) is 15.2 Å². The fraction of sp³-hybridized carbons (Fsp3) is 0.471. The Morgan fingerprint density at radius 1 is 1.16 bits per heavy atom. The first-order valence-corrected chi connectivity index (χ1v) is 7.68. The molecule has 8 heteroatoms. The standard InChI is InChI=1S/C17H24N2O6/c1-17(2,3)25-16(22)19-13(15(18)21)9-11-5-7-12(8-6-11)24-10-14(20)23-4/h5-8,13H,9-10H2,1-4H3,(H2,18,21)(H,19,22). The molecule has 3 N–H and O–H groups in total. The molecule has 0 spiro atoms. The van der Waals surface area contributed by atoms with Gasteiger partial charge in [-0.05, 0) is 38.5 Å². The molecule has 0 aliphatic carbocycles. The average Bonchev–Trinajstić information content (AvgIpc) is 2.51. The van der Waals surface area contributed by atoms with Crippen molar-refractivity contribution >= 4 is 18.0 Å². The lowest BCUT2D eigenvalue weighted by Crippen LogP contribution is -2.47. The number of ether oxygens (including phenoxy) is 3. The lowest BCUT2D eigenvalue weighted by molar-refractivity contribution is -0.142. The molecular weight excluding hydrogens is 328 g/mol. The van der Waals surface area contributed by atoms with Crippen molar-refractivity contribution < 1.29 is 28.6 Å². The van der Waals surface area contributed by atoms with Crippen LogP contribution in [0.1, 0.15) is 26.3 Å². The number of primary amides is 1. The number of benzene rings is 1. The second kappa shape index (κ2) is 8.91. The van der Waals surface area contributed by atoms with E-state index in [2.05, 4.69) is 10.1 Å². The predicted octanol–water partition coefficient (Wildman–Crippen LogP) is 1.16. The van der Waals surface area contributed by atoms with E-state index in [1.54, 1.807) is 45.0 Å². The molecular formula is C17H24N2O6. The van der Waals surface area contributed by atoms with E-state index in [-0.39, 0.29) is 13.0 Å². The van der Waals surface area contributed by atoms with Crippen LogP contribution in [0.3, 0.4) is 0 Å². The molecule has 2 amide bonds. The Balaban J connectivity index is 2.65. The molecule has 1 atom stereocenters. The highest BCUT2D eigenvalue weighted by Gasteiger charge is 2.23. The minimum atomic E-state index is -0.906. The number of hydrogen-bond acceptors (Lipinski definition) is 6. The molecule has 0 heterocycles. The highest BCUT2D eigenvalue weighted by molar-refractivity contribution is 5.84. The molecule has 0 aromatic heterocycles. The Hall–Kier alpha value is -2.77. The van der Waals surface area contributed by atoms with Gasteiger partial charge in [0.25, 0.3) is 0 Å². The number of nitrogens with one attached hydrogen (secondary N) is 1. The van der Waals surface area contributed by atoms with E-state index in [1.807, 2.05) is 0 Å². The summed E-state index contributed by atoms with van der Waals surface area (Å²) in [4.78, 5) is 34.4. The molecule has 0 aliphatic rings. The van der Waals surface area contributed by atoms with E-state index >= 15 is 0 Å². The van der Waals surface area contributed by atoms with Crippen molar-refractivity contribution in [2.24, 2.45) is 5.73 Å². The molecule has 138 valence electrons. The Morgan fingerprint density at radius 2 is 1.76 bits per heavy atom. The zero-order chi connectivity index (χ0) is 19.0. The molecule has 0 radical (unpaired) electrons. The summed E-state index contributed by atoms with van der Waals surface area (Å²) in [5.41, 5.74) is 5.42. The highest BCUT2D eigenvalue weighted by atomic mass is 16.6. The summed E-state index contributed by atoms with van der Waals surface area (Å²) in [6.45, 7) is 4.97. The summed E-state index contributed by atoms with van der Waals surface area (Å²) in [6, 6.07) is 5.79. The second-order valence-electron chi connectivity index (χ2n) is 6.31. The molecule has 8 nitrogen and oxygen atoms in total. The summed E-state index contributed by atoms with van der Waals surface area (Å²) < 4.78 is 14.8. The number of rotatable bonds is 7. The normalized spacial score (nSPS) is 12.0. The van der Waals surface area contributed by atoms with Gasteiger partial charge in [-0.2, -0.15) is 0 Å². The van der Waals surface area contributed by atoms with Crippen molar-refractivity contribution in [2.45, 2.75) is 38.8 Å². The van der Waals surface area contributed by atoms with Gasteiger partial charge in [0.05, 0.1) is 7.11 Å². The van der Waals surface area contributed by atoms with Crippen LogP contribution in [0, 0.1) is 0 Å². The molecule has 0 saturated carbocycles. The van der Waals surface area contributed by atoms with Crippen LogP contribution in [0.5, 0.6) is 5.75 Å². The maximum absolute atomic E-state index is 11.8. The quantitative estimate of drug-likeness (QED) is 0.711. The van der Waals surface area contributed by atoms with E-state index in [1.165, 1.54) is 7.11 Å². The average molecular weight is 352 g/mol. The van der Waals surface area contributed by atoms with E-state index in [0.29, 0.717) is 5.75 Å². The van der Waals surface area contributed by atoms with Crippen LogP contribution in [0.25, 0.3) is 0 Å². The van der Waals surface area contributed by atoms with Crippen molar-refractivity contribution in [3.63, 3.8) is 0 Å². The number of carbonyl (C=O) groups is 3. The van der Waals surface area contributed by atoms with Gasteiger partial charge in [-0.15, -0.1) is 0 Å². The SMILES string of the molecule is COC(=O)COc1ccc(CC(NC(=O)OC(C)(C)C)C(N)=O)cc1. The van der Waals surface area contributed by atoms with Crippen molar-refractivity contribution in [3.8, 4) is 5.75 Å². The first kappa shape index (κ1) is 20.3. The third kappa shape index (κ3) is 8.05. The van der Waals surface area contributed by atoms with E-state index in [0.717, 1.165) is 5.56 Å². The third-order valence-corrected chi connectivity index (χ3v) is 2.98. The van der Waals surface area contributed by atoms with E-state index < -0.39 is 29.6 Å². The Bertz CT molecular complexity index is 607. The minimum Gasteiger partial charge on any atom is -0.482 e. The van der Waals surface area contributed by atoms with Crippen molar-refractivity contribution in [3.05, 3.63) is 29.8 Å². The minimum absolute atomic E-state index is 0.194. The van der Waals surface area contributed by atoms with Crippen LogP contribution in [0.4, 0.5) is 4.79 Å². The van der Waals surface area contributed by atoms with Gasteiger partial charge in [-0.1, -0.05) is 12.1 Å². The van der Waals surface area contributed by atoms with Crippen molar-refractivity contribution in [1.29, 1.82) is 0 Å². The number of amides is 2. The van der Waals surface area contributed by atoms with Gasteiger partial charge >= 0.3 is 12.1 Å². The van der Waals surface area contributed by atoms with Gasteiger partial charge in [0.15, 0.2) is 6.61 Å². The van der Waals surface area contributed by atoms with Crippen LogP contribution in [0.2, 0.25) is 0 Å². The van der Waals surface area contributed by atoms with Crippen LogP contribution >= 0.6 is 0 Å². The zero-order valence-electron chi connectivity index (χ0n) is 14.8. The summed E-state index contributed by atoms with van der Waals surface area (Å²) in [5.74, 6) is -0.679. The molecule has 1 unspecified atom stereocenters. The van der Waals surface area contributed by atoms with Crippen LogP contribution in [0.15, 0.2) is 24.3 Å². The lowest BCUT2D eigenvalue weighted by atomic mass is 10.1. The first-order valence-electron chi connectivity index (χ1n) is 7.68. The Morgan fingerprint density at radius 3 is 2.24 bits per heavy atom. The smallest absolute Gasteiger partial charge is 0.408 e. The molecule has 1 aromatic carbocycles. The van der Waals surface area contributed by atoms with Gasteiger partial charge < -0.3 is 25.3 Å². The maximum Gasteiger partial charge on any atom is 0.408 e. The molecule has 0 aliphatic heterocycles. The summed E-state index contributed by atoms with van der Waals surface area (Å²) >= 11 is 0. The van der Waals surface area contributed by atoms with Gasteiger partial charge in [0.1, 0.15) is 17.4 Å². The Kier molecular flexibility index (Phi) is 7.22. The van der Waals surface area contributed by atoms with Crippen molar-refractivity contribution in [1.82, 2.24) is 5.32 Å². The molecule has 1 rings (SSSR count). The first-order chi connectivity index (χ1) is 11.6. The van der Waals surface area contributed by atoms with Gasteiger partial charge in [0.2, 0.25) is 5.91 Å². The molecule has 1 aromatic rings. The topological polar surface area (TPSA) is 117 Å². The monoisotopic (exact) mass is 352 g/mol. The predicted molar refractivity (Wildman–Crippen MR) is 90.0 cm³/mol. The summed E-state index contributed by atoms with van der Waals surface area (Å²) in [7, 11) is 1.27. The number of methoxy groups -OCH3 is 1. The number of hydrogen-bond donors (Lipinski definition) is 2. The number of esters is 1. The van der Waals surface area contributed by atoms with Gasteiger partial charge in [0, 0.05) is 6.42 Å². The van der Waals surface area contributed by atoms with Crippen LogP contribution < -0.4 is 15.8 Å². The molecule has 0 fully saturated rings. The number of alkyl carbamates (subject to hydrolysis) is 1. The second-order valence-corrected chi connectivity index (χ2v) is 6.31. The lowest BCUT2D eigenvalue weighted by Gasteiger charge is -2.22. The fourth-order valence-electron chi connectivity index (χ4n) is 1.83. The zero-order valence-corrected chi connectivity index (χ0v) is 14.8. The Labute approximate surface area is 146 Å². The van der Waals surface area contributed by atoms with Gasteiger partial charge in [-0.3, -0.25) is 4.79 Å². The van der Waals surface area contributed by atoms with Crippen molar-refractivity contribution in [2.75, 3.05) is 13.7 Å². The molecule has 0 bridgehead atoms. The molecule has 25 heavy (non-hydrogen) atoms. The van der Waals surface area contributed by atoms with E-state index in [9.17, 15) is 14.4 Å². The fourth-order valence-corrected chi connectivity index (χ4v) is 1.83.